The molecule has 0 aromatic heterocycles. The molecule has 5 rings (SSSR count). The highest BCUT2D eigenvalue weighted by Gasteiger charge is 2.73. The molecule has 0 amide bonds. The van der Waals surface area contributed by atoms with Crippen molar-refractivity contribution in [1.82, 2.24) is 0 Å². The maximum absolute atomic E-state index is 12.8. The van der Waals surface area contributed by atoms with Crippen LogP contribution in [-0.4, -0.2) is 40.0 Å². The molecule has 0 aliphatic heterocycles. The number of ether oxygens (including phenoxy) is 1. The summed E-state index contributed by atoms with van der Waals surface area (Å²) in [6, 6.07) is 0. The number of carbonyl (C=O) groups excluding carboxylic acids is 2. The Labute approximate surface area is 226 Å². The van der Waals surface area contributed by atoms with Crippen LogP contribution in [0.25, 0.3) is 0 Å². The third-order valence-corrected chi connectivity index (χ3v) is 13.8. The number of carboxylic acid groups (broad SMARTS) is 2. The lowest BCUT2D eigenvalue weighted by molar-refractivity contribution is -0.253. The maximum atomic E-state index is 12.8. The van der Waals surface area contributed by atoms with Crippen LogP contribution in [0, 0.1) is 56.7 Å². The number of Topliss-reactive ketones (excluding diaryl/α,β-unsaturated/α-hetero) is 1. The van der Waals surface area contributed by atoms with E-state index >= 15 is 0 Å². The zero-order valence-electron chi connectivity index (χ0n) is 24.0. The molecule has 5 fully saturated rings. The summed E-state index contributed by atoms with van der Waals surface area (Å²) in [5, 5.41) is 21.0. The van der Waals surface area contributed by atoms with Crippen LogP contribution in [0.1, 0.15) is 106 Å². The van der Waals surface area contributed by atoms with Crippen LogP contribution in [0.4, 0.5) is 0 Å². The number of aliphatic carboxylic acids is 2. The molecular weight excluding hydrogens is 484 g/mol. The second-order valence-corrected chi connectivity index (χ2v) is 14.6. The highest BCUT2D eigenvalue weighted by atomic mass is 16.5. The highest BCUT2D eigenvalue weighted by Crippen LogP contribution is 2.77. The molecular formula is C31H46O7. The number of carboxylic acids is 2. The number of hydrogen-bond acceptors (Lipinski definition) is 5. The third-order valence-electron chi connectivity index (χ3n) is 13.8. The van der Waals surface area contributed by atoms with Crippen molar-refractivity contribution in [2.75, 3.05) is 0 Å². The third kappa shape index (κ3) is 3.25. The number of rotatable bonds is 4. The maximum Gasteiger partial charge on any atom is 0.313 e. The summed E-state index contributed by atoms with van der Waals surface area (Å²) in [6.07, 6.45) is 6.89. The van der Waals surface area contributed by atoms with Crippen molar-refractivity contribution < 1.29 is 34.1 Å². The van der Waals surface area contributed by atoms with Gasteiger partial charge in [0.1, 0.15) is 17.3 Å². The Bertz CT molecular complexity index is 1070. The zero-order valence-corrected chi connectivity index (χ0v) is 24.0. The molecule has 0 saturated heterocycles. The van der Waals surface area contributed by atoms with Crippen LogP contribution < -0.4 is 0 Å². The first-order valence-electron chi connectivity index (χ1n) is 14.7. The van der Waals surface area contributed by atoms with E-state index in [1.54, 1.807) is 13.8 Å². The van der Waals surface area contributed by atoms with Gasteiger partial charge in [-0.2, -0.15) is 0 Å². The van der Waals surface area contributed by atoms with Crippen molar-refractivity contribution in [1.29, 1.82) is 0 Å². The molecule has 11 atom stereocenters. The zero-order chi connectivity index (χ0) is 28.1. The average Bonchev–Trinajstić information content (AvgIpc) is 3.22. The van der Waals surface area contributed by atoms with E-state index in [1.165, 1.54) is 6.92 Å². The van der Waals surface area contributed by atoms with Gasteiger partial charge in [-0.1, -0.05) is 20.8 Å². The molecule has 212 valence electrons. The Balaban J connectivity index is 1.55. The van der Waals surface area contributed by atoms with Gasteiger partial charge in [0.15, 0.2) is 0 Å². The van der Waals surface area contributed by atoms with Gasteiger partial charge in [0.05, 0.1) is 5.41 Å². The fraction of sp³-hybridized carbons (Fsp3) is 0.871. The number of esters is 1. The number of carbonyl (C=O) groups is 4. The SMILES string of the molecule is CC(=O)OC1CC[C@@]2(C)[C@@H](CC[C@]3(C)[C@@H]2CC[C@@H]2[C@H]4C(C(C)=O)CC[C@]4(C(=O)O)CC[C@]23C)[C@]1(C)C(=O)O. The molecule has 0 spiro atoms. The van der Waals surface area contributed by atoms with Crippen LogP contribution in [0.2, 0.25) is 0 Å². The molecule has 5 aliphatic rings. The fourth-order valence-corrected chi connectivity index (χ4v) is 11.8. The van der Waals surface area contributed by atoms with E-state index in [9.17, 15) is 29.4 Å². The molecule has 0 bridgehead atoms. The fourth-order valence-electron chi connectivity index (χ4n) is 11.8. The van der Waals surface area contributed by atoms with E-state index in [-0.39, 0.29) is 45.7 Å². The molecule has 0 radical (unpaired) electrons. The Morgan fingerprint density at radius 2 is 1.39 bits per heavy atom. The Hall–Kier alpha value is -1.92. The summed E-state index contributed by atoms with van der Waals surface area (Å²) in [4.78, 5) is 50.3. The summed E-state index contributed by atoms with van der Waals surface area (Å²) < 4.78 is 5.64. The van der Waals surface area contributed by atoms with Crippen molar-refractivity contribution in [2.45, 2.75) is 112 Å². The molecule has 7 nitrogen and oxygen atoms in total. The van der Waals surface area contributed by atoms with E-state index in [0.29, 0.717) is 31.6 Å². The van der Waals surface area contributed by atoms with E-state index in [2.05, 4.69) is 20.8 Å². The normalized spacial score (nSPS) is 51.5. The minimum atomic E-state index is -1.14. The standard InChI is InChI=1S/C31H46O7/c1-17(32)19-9-14-31(26(36)37)16-15-28(4)20(24(19)31)7-8-21-27(3)12-11-23(38-18(2)33)30(6,25(34)35)22(27)10-13-29(21,28)5/h19-24H,7-16H2,1-6H3,(H,34,35)(H,36,37)/t19?,20-,21-,22-,23?,24-,27-,28-,29-,30+,31+/m1/s1. The van der Waals surface area contributed by atoms with Gasteiger partial charge in [-0.25, -0.2) is 0 Å². The smallest absolute Gasteiger partial charge is 0.313 e. The number of ketones is 1. The molecule has 2 unspecified atom stereocenters. The lowest BCUT2D eigenvalue weighted by atomic mass is 9.32. The van der Waals surface area contributed by atoms with Crippen molar-refractivity contribution in [3.8, 4) is 0 Å². The topological polar surface area (TPSA) is 118 Å². The van der Waals surface area contributed by atoms with Gasteiger partial charge in [-0.15, -0.1) is 0 Å². The summed E-state index contributed by atoms with van der Waals surface area (Å²) in [7, 11) is 0. The summed E-state index contributed by atoms with van der Waals surface area (Å²) in [5.74, 6) is -1.86. The first-order chi connectivity index (χ1) is 17.6. The van der Waals surface area contributed by atoms with Crippen molar-refractivity contribution in [3.05, 3.63) is 0 Å². The lowest BCUT2D eigenvalue weighted by Gasteiger charge is -2.72. The largest absolute Gasteiger partial charge is 0.481 e. The Morgan fingerprint density at radius 1 is 0.711 bits per heavy atom. The molecule has 2 N–H and O–H groups in total. The van der Waals surface area contributed by atoms with Gasteiger partial charge in [-0.3, -0.25) is 19.2 Å². The summed E-state index contributed by atoms with van der Waals surface area (Å²) in [6.45, 7) is 11.8. The predicted octanol–water partition coefficient (Wildman–Crippen LogP) is 5.74. The monoisotopic (exact) mass is 530 g/mol. The van der Waals surface area contributed by atoms with Crippen molar-refractivity contribution in [2.24, 2.45) is 56.7 Å². The van der Waals surface area contributed by atoms with Gasteiger partial charge in [0, 0.05) is 12.8 Å². The second kappa shape index (κ2) is 8.54. The quantitative estimate of drug-likeness (QED) is 0.445. The summed E-state index contributed by atoms with van der Waals surface area (Å²) in [5.41, 5.74) is -2.36. The average molecular weight is 531 g/mol. The molecule has 5 aliphatic carbocycles. The van der Waals surface area contributed by atoms with E-state index < -0.39 is 34.8 Å². The van der Waals surface area contributed by atoms with E-state index in [4.69, 9.17) is 4.74 Å². The number of fused-ring (bicyclic) bond motifs is 7. The minimum Gasteiger partial charge on any atom is -0.481 e. The number of hydrogen-bond donors (Lipinski definition) is 2. The molecule has 0 aromatic rings. The second-order valence-electron chi connectivity index (χ2n) is 14.6. The molecule has 0 heterocycles. The van der Waals surface area contributed by atoms with Crippen LogP contribution in [-0.2, 0) is 23.9 Å². The first-order valence-corrected chi connectivity index (χ1v) is 14.7. The molecule has 5 saturated carbocycles. The van der Waals surface area contributed by atoms with E-state index in [0.717, 1.165) is 38.5 Å². The van der Waals surface area contributed by atoms with Gasteiger partial charge in [0.25, 0.3) is 0 Å². The van der Waals surface area contributed by atoms with Crippen LogP contribution in [0.5, 0.6) is 0 Å². The summed E-state index contributed by atoms with van der Waals surface area (Å²) >= 11 is 0. The van der Waals surface area contributed by atoms with Crippen molar-refractivity contribution in [3.63, 3.8) is 0 Å². The van der Waals surface area contributed by atoms with Gasteiger partial charge in [-0.05, 0) is 118 Å². The highest BCUT2D eigenvalue weighted by molar-refractivity contribution is 5.83. The first kappa shape index (κ1) is 27.6. The lowest BCUT2D eigenvalue weighted by Crippen LogP contribution is -2.68. The van der Waals surface area contributed by atoms with Gasteiger partial charge >= 0.3 is 17.9 Å². The molecule has 38 heavy (non-hydrogen) atoms. The van der Waals surface area contributed by atoms with Gasteiger partial charge < -0.3 is 14.9 Å². The van der Waals surface area contributed by atoms with Crippen LogP contribution in [0.3, 0.4) is 0 Å². The minimum absolute atomic E-state index is 0.0799. The Kier molecular flexibility index (Phi) is 6.21. The molecule has 0 aromatic carbocycles. The van der Waals surface area contributed by atoms with E-state index in [1.807, 2.05) is 0 Å². The van der Waals surface area contributed by atoms with Crippen LogP contribution in [0.15, 0.2) is 0 Å². The van der Waals surface area contributed by atoms with Crippen LogP contribution >= 0.6 is 0 Å². The molecule has 7 heteroatoms. The van der Waals surface area contributed by atoms with Gasteiger partial charge in [0.2, 0.25) is 0 Å². The van der Waals surface area contributed by atoms with Crippen molar-refractivity contribution >= 4 is 23.7 Å². The Morgan fingerprint density at radius 3 is 1.97 bits per heavy atom. The predicted molar refractivity (Wildman–Crippen MR) is 140 cm³/mol.